The van der Waals surface area contributed by atoms with Crippen LogP contribution in [0.1, 0.15) is 10.5 Å². The SMILES string of the molecule is CS(=O)(=O)NC(=O)c1ccncn1. The number of nitrogens with one attached hydrogen (secondary N) is 1. The lowest BCUT2D eigenvalue weighted by atomic mass is 10.4. The van der Waals surface area contributed by atoms with Crippen LogP contribution in [0.3, 0.4) is 0 Å². The van der Waals surface area contributed by atoms with E-state index in [-0.39, 0.29) is 5.69 Å². The van der Waals surface area contributed by atoms with Crippen molar-refractivity contribution in [1.29, 1.82) is 0 Å². The minimum absolute atomic E-state index is 0.0143. The van der Waals surface area contributed by atoms with E-state index in [9.17, 15) is 13.2 Å². The summed E-state index contributed by atoms with van der Waals surface area (Å²) in [4.78, 5) is 18.2. The topological polar surface area (TPSA) is 89.0 Å². The average Bonchev–Trinajstić information content (AvgIpc) is 2.03. The van der Waals surface area contributed by atoms with Crippen LogP contribution >= 0.6 is 0 Å². The van der Waals surface area contributed by atoms with Gasteiger partial charge in [-0.3, -0.25) is 4.79 Å². The normalized spacial score (nSPS) is 10.8. The Kier molecular flexibility index (Phi) is 2.57. The van der Waals surface area contributed by atoms with Gasteiger partial charge in [-0.15, -0.1) is 0 Å². The molecule has 0 saturated heterocycles. The second-order valence-electron chi connectivity index (χ2n) is 2.30. The summed E-state index contributed by atoms with van der Waals surface area (Å²) in [5, 5.41) is 0. The summed E-state index contributed by atoms with van der Waals surface area (Å²) in [6, 6.07) is 1.32. The predicted molar refractivity (Wildman–Crippen MR) is 44.3 cm³/mol. The summed E-state index contributed by atoms with van der Waals surface area (Å²) >= 11 is 0. The van der Waals surface area contributed by atoms with Crippen LogP contribution in [0.4, 0.5) is 0 Å². The van der Waals surface area contributed by atoms with Gasteiger partial charge in [0, 0.05) is 6.20 Å². The van der Waals surface area contributed by atoms with Crippen LogP contribution in [0.5, 0.6) is 0 Å². The minimum Gasteiger partial charge on any atom is -0.266 e. The molecule has 70 valence electrons. The number of aromatic nitrogens is 2. The monoisotopic (exact) mass is 201 g/mol. The number of nitrogens with zero attached hydrogens (tertiary/aromatic N) is 2. The summed E-state index contributed by atoms with van der Waals surface area (Å²) in [6.45, 7) is 0. The Labute approximate surface area is 75.1 Å². The lowest BCUT2D eigenvalue weighted by Gasteiger charge is -1.99. The highest BCUT2D eigenvalue weighted by Gasteiger charge is 2.11. The van der Waals surface area contributed by atoms with Crippen LogP contribution in [-0.4, -0.2) is 30.5 Å². The molecule has 1 N–H and O–H groups in total. The molecule has 7 heteroatoms. The Morgan fingerprint density at radius 2 is 2.23 bits per heavy atom. The number of rotatable bonds is 2. The van der Waals surface area contributed by atoms with Gasteiger partial charge in [-0.25, -0.2) is 23.1 Å². The number of amides is 1. The van der Waals surface area contributed by atoms with E-state index in [1.807, 2.05) is 0 Å². The van der Waals surface area contributed by atoms with Crippen LogP contribution in [0.25, 0.3) is 0 Å². The first kappa shape index (κ1) is 9.59. The van der Waals surface area contributed by atoms with Crippen molar-refractivity contribution in [3.63, 3.8) is 0 Å². The molecule has 0 spiro atoms. The number of hydrogen-bond donors (Lipinski definition) is 1. The molecule has 0 atom stereocenters. The summed E-state index contributed by atoms with van der Waals surface area (Å²) in [6.07, 6.45) is 3.41. The standard InChI is InChI=1S/C6H7N3O3S/c1-13(11,12)9-6(10)5-2-3-7-4-8-5/h2-4H,1H3,(H,9,10). The highest BCUT2D eigenvalue weighted by atomic mass is 32.2. The number of sulfonamides is 1. The Morgan fingerprint density at radius 3 is 2.69 bits per heavy atom. The van der Waals surface area contributed by atoms with Crippen molar-refractivity contribution in [3.05, 3.63) is 24.3 Å². The Morgan fingerprint density at radius 1 is 1.54 bits per heavy atom. The van der Waals surface area contributed by atoms with Crippen molar-refractivity contribution < 1.29 is 13.2 Å². The zero-order valence-electron chi connectivity index (χ0n) is 6.76. The summed E-state index contributed by atoms with van der Waals surface area (Å²) in [5.74, 6) is -0.759. The van der Waals surface area contributed by atoms with Gasteiger partial charge in [0.25, 0.3) is 5.91 Å². The van der Waals surface area contributed by atoms with Crippen LogP contribution in [0, 0.1) is 0 Å². The molecule has 0 radical (unpaired) electrons. The molecular weight excluding hydrogens is 194 g/mol. The van der Waals surface area contributed by atoms with Gasteiger partial charge in [0.05, 0.1) is 6.26 Å². The zero-order valence-corrected chi connectivity index (χ0v) is 7.58. The molecular formula is C6H7N3O3S. The molecule has 1 amide bonds. The lowest BCUT2D eigenvalue weighted by Crippen LogP contribution is -2.29. The zero-order chi connectivity index (χ0) is 9.90. The third kappa shape index (κ3) is 3.16. The molecule has 0 fully saturated rings. The lowest BCUT2D eigenvalue weighted by molar-refractivity contribution is 0.0976. The quantitative estimate of drug-likeness (QED) is 0.674. The molecule has 13 heavy (non-hydrogen) atoms. The van der Waals surface area contributed by atoms with Crippen molar-refractivity contribution >= 4 is 15.9 Å². The van der Waals surface area contributed by atoms with Gasteiger partial charge < -0.3 is 0 Å². The summed E-state index contributed by atoms with van der Waals surface area (Å²) < 4.78 is 23.1. The molecule has 0 bridgehead atoms. The number of hydrogen-bond acceptors (Lipinski definition) is 5. The van der Waals surface area contributed by atoms with Crippen molar-refractivity contribution in [2.45, 2.75) is 0 Å². The fourth-order valence-electron chi connectivity index (χ4n) is 0.646. The van der Waals surface area contributed by atoms with E-state index in [2.05, 4.69) is 9.97 Å². The van der Waals surface area contributed by atoms with E-state index in [0.29, 0.717) is 0 Å². The van der Waals surface area contributed by atoms with E-state index in [4.69, 9.17) is 0 Å². The molecule has 6 nitrogen and oxygen atoms in total. The second kappa shape index (κ2) is 3.48. The van der Waals surface area contributed by atoms with E-state index in [0.717, 1.165) is 12.6 Å². The smallest absolute Gasteiger partial charge is 0.266 e. The van der Waals surface area contributed by atoms with E-state index >= 15 is 0 Å². The van der Waals surface area contributed by atoms with Crippen LogP contribution < -0.4 is 4.72 Å². The maximum atomic E-state index is 11.1. The van der Waals surface area contributed by atoms with Crippen molar-refractivity contribution in [1.82, 2.24) is 14.7 Å². The van der Waals surface area contributed by atoms with Crippen LogP contribution in [0.2, 0.25) is 0 Å². The van der Waals surface area contributed by atoms with E-state index in [1.54, 1.807) is 4.72 Å². The van der Waals surface area contributed by atoms with Crippen molar-refractivity contribution in [2.75, 3.05) is 6.26 Å². The third-order valence-electron chi connectivity index (χ3n) is 1.09. The fourth-order valence-corrected chi connectivity index (χ4v) is 1.09. The van der Waals surface area contributed by atoms with Gasteiger partial charge in [-0.1, -0.05) is 0 Å². The molecule has 0 saturated carbocycles. The average molecular weight is 201 g/mol. The first-order chi connectivity index (χ1) is 5.99. The molecule has 1 heterocycles. The maximum absolute atomic E-state index is 11.1. The summed E-state index contributed by atoms with van der Waals surface area (Å²) in [7, 11) is -3.53. The van der Waals surface area contributed by atoms with Gasteiger partial charge in [-0.2, -0.15) is 0 Å². The summed E-state index contributed by atoms with van der Waals surface area (Å²) in [5.41, 5.74) is 0.0143. The van der Waals surface area contributed by atoms with Crippen LogP contribution in [0.15, 0.2) is 18.6 Å². The van der Waals surface area contributed by atoms with Gasteiger partial charge in [0.15, 0.2) is 0 Å². The van der Waals surface area contributed by atoms with E-state index < -0.39 is 15.9 Å². The van der Waals surface area contributed by atoms with Crippen molar-refractivity contribution in [3.8, 4) is 0 Å². The molecule has 0 aliphatic heterocycles. The Hall–Kier alpha value is -1.50. The first-order valence-electron chi connectivity index (χ1n) is 3.27. The van der Waals surface area contributed by atoms with Gasteiger partial charge in [0.2, 0.25) is 10.0 Å². The fraction of sp³-hybridized carbons (Fsp3) is 0.167. The van der Waals surface area contributed by atoms with Crippen molar-refractivity contribution in [2.24, 2.45) is 0 Å². The van der Waals surface area contributed by atoms with Gasteiger partial charge in [0.1, 0.15) is 12.0 Å². The Bertz CT molecular complexity index is 400. The molecule has 0 aliphatic rings. The predicted octanol–water partition coefficient (Wildman–Crippen LogP) is -0.834. The maximum Gasteiger partial charge on any atom is 0.283 e. The Balaban J connectivity index is 2.82. The van der Waals surface area contributed by atoms with E-state index in [1.165, 1.54) is 12.3 Å². The van der Waals surface area contributed by atoms with Gasteiger partial charge in [-0.05, 0) is 6.07 Å². The minimum atomic E-state index is -3.53. The molecule has 0 aromatic carbocycles. The first-order valence-corrected chi connectivity index (χ1v) is 5.16. The molecule has 1 aromatic heterocycles. The molecule has 0 unspecified atom stereocenters. The van der Waals surface area contributed by atoms with Gasteiger partial charge >= 0.3 is 0 Å². The highest BCUT2D eigenvalue weighted by Crippen LogP contribution is 1.91. The number of carbonyl (C=O) groups is 1. The molecule has 1 rings (SSSR count). The van der Waals surface area contributed by atoms with Crippen LogP contribution in [-0.2, 0) is 10.0 Å². The highest BCUT2D eigenvalue weighted by molar-refractivity contribution is 7.89. The molecule has 0 aliphatic carbocycles. The second-order valence-corrected chi connectivity index (χ2v) is 4.05. The number of carbonyl (C=O) groups excluding carboxylic acids is 1. The molecule has 1 aromatic rings. The largest absolute Gasteiger partial charge is 0.283 e. The third-order valence-corrected chi connectivity index (χ3v) is 1.65.